The van der Waals surface area contributed by atoms with Crippen molar-refractivity contribution in [3.05, 3.63) is 12.2 Å². The van der Waals surface area contributed by atoms with Crippen LogP contribution in [0.2, 0.25) is 0 Å². The lowest BCUT2D eigenvalue weighted by molar-refractivity contribution is -0.118. The zero-order chi connectivity index (χ0) is 10.2. The lowest BCUT2D eigenvalue weighted by atomic mass is 10.4. The minimum atomic E-state index is -0.0105. The summed E-state index contributed by atoms with van der Waals surface area (Å²) in [7, 11) is 0. The molecule has 6 nitrogen and oxygen atoms in total. The predicted molar refractivity (Wildman–Crippen MR) is 49.6 cm³/mol. The molecule has 0 aliphatic carbocycles. The first-order valence-electron chi connectivity index (χ1n) is 4.50. The second-order valence-electron chi connectivity index (χ2n) is 2.82. The molecule has 0 saturated carbocycles. The van der Waals surface area contributed by atoms with Gasteiger partial charge in [0.25, 0.3) is 0 Å². The molecule has 0 aliphatic rings. The first-order chi connectivity index (χ1) is 6.79. The molecule has 0 saturated heterocycles. The number of hydrogen-bond acceptors (Lipinski definition) is 5. The van der Waals surface area contributed by atoms with Gasteiger partial charge in [-0.15, -0.1) is 0 Å². The molecule has 0 spiro atoms. The summed E-state index contributed by atoms with van der Waals surface area (Å²) >= 11 is 0. The van der Waals surface area contributed by atoms with Crippen molar-refractivity contribution in [1.82, 2.24) is 20.8 Å². The van der Waals surface area contributed by atoms with Crippen LogP contribution in [-0.2, 0) is 11.2 Å². The number of carbonyl (C=O) groups is 1. The van der Waals surface area contributed by atoms with E-state index in [1.165, 1.54) is 13.3 Å². The number of aromatic nitrogens is 2. The third-order valence-electron chi connectivity index (χ3n) is 1.60. The van der Waals surface area contributed by atoms with E-state index >= 15 is 0 Å². The van der Waals surface area contributed by atoms with Gasteiger partial charge in [0.05, 0.1) is 0 Å². The van der Waals surface area contributed by atoms with Crippen molar-refractivity contribution in [2.24, 2.45) is 0 Å². The Hall–Kier alpha value is -1.43. The quantitative estimate of drug-likeness (QED) is 0.593. The van der Waals surface area contributed by atoms with Crippen LogP contribution in [0.4, 0.5) is 0 Å². The van der Waals surface area contributed by atoms with Gasteiger partial charge in [0.15, 0.2) is 6.33 Å². The van der Waals surface area contributed by atoms with Gasteiger partial charge in [0.1, 0.15) is 0 Å². The van der Waals surface area contributed by atoms with Crippen molar-refractivity contribution in [2.75, 3.05) is 19.6 Å². The van der Waals surface area contributed by atoms with E-state index in [4.69, 9.17) is 4.52 Å². The van der Waals surface area contributed by atoms with E-state index in [9.17, 15) is 4.79 Å². The topological polar surface area (TPSA) is 80.0 Å². The highest BCUT2D eigenvalue weighted by Crippen LogP contribution is 1.89. The van der Waals surface area contributed by atoms with E-state index in [-0.39, 0.29) is 5.91 Å². The zero-order valence-electron chi connectivity index (χ0n) is 8.12. The van der Waals surface area contributed by atoms with Crippen molar-refractivity contribution in [1.29, 1.82) is 0 Å². The summed E-state index contributed by atoms with van der Waals surface area (Å²) in [4.78, 5) is 14.4. The number of amides is 1. The monoisotopic (exact) mass is 198 g/mol. The maximum atomic E-state index is 10.5. The van der Waals surface area contributed by atoms with Crippen molar-refractivity contribution >= 4 is 5.91 Å². The fraction of sp³-hybridized carbons (Fsp3) is 0.625. The van der Waals surface area contributed by atoms with Gasteiger partial charge in [-0.3, -0.25) is 4.79 Å². The number of nitrogens with zero attached hydrogens (tertiary/aromatic N) is 2. The van der Waals surface area contributed by atoms with E-state index in [1.807, 2.05) is 0 Å². The largest absolute Gasteiger partial charge is 0.355 e. The van der Waals surface area contributed by atoms with Crippen molar-refractivity contribution in [3.63, 3.8) is 0 Å². The zero-order valence-corrected chi connectivity index (χ0v) is 8.12. The van der Waals surface area contributed by atoms with Gasteiger partial charge >= 0.3 is 0 Å². The lowest BCUT2D eigenvalue weighted by Crippen LogP contribution is -2.31. The van der Waals surface area contributed by atoms with E-state index < -0.39 is 0 Å². The Balaban J connectivity index is 1.92. The van der Waals surface area contributed by atoms with Crippen LogP contribution < -0.4 is 10.6 Å². The van der Waals surface area contributed by atoms with Gasteiger partial charge in [0, 0.05) is 33.0 Å². The molecule has 1 rings (SSSR count). The Morgan fingerprint density at radius 2 is 2.36 bits per heavy atom. The summed E-state index contributed by atoms with van der Waals surface area (Å²) in [5, 5.41) is 9.31. The molecule has 1 amide bonds. The molecule has 1 aromatic heterocycles. The molecule has 2 N–H and O–H groups in total. The van der Waals surface area contributed by atoms with Crippen LogP contribution >= 0.6 is 0 Å². The molecular weight excluding hydrogens is 184 g/mol. The molecule has 1 heterocycles. The van der Waals surface area contributed by atoms with E-state index in [2.05, 4.69) is 20.8 Å². The van der Waals surface area contributed by atoms with Crippen LogP contribution in [0.3, 0.4) is 0 Å². The summed E-state index contributed by atoms with van der Waals surface area (Å²) < 4.78 is 4.81. The molecule has 0 aliphatic heterocycles. The maximum absolute atomic E-state index is 10.5. The molecular formula is C8H14N4O2. The molecule has 0 bridgehead atoms. The molecule has 1 aromatic rings. The van der Waals surface area contributed by atoms with Crippen LogP contribution in [0, 0.1) is 0 Å². The minimum absolute atomic E-state index is 0.0105. The number of hydrogen-bond donors (Lipinski definition) is 2. The van der Waals surface area contributed by atoms with Gasteiger partial charge in [-0.1, -0.05) is 5.16 Å². The Bertz CT molecular complexity index is 260. The standard InChI is InChI=1S/C8H14N4O2/c1-7(13)10-5-4-9-3-2-8-11-6-12-14-8/h6,9H,2-5H2,1H3,(H,10,13). The average molecular weight is 198 g/mol. The summed E-state index contributed by atoms with van der Waals surface area (Å²) in [6.07, 6.45) is 2.09. The van der Waals surface area contributed by atoms with Crippen LogP contribution in [-0.4, -0.2) is 35.7 Å². The average Bonchev–Trinajstić information content (AvgIpc) is 2.63. The highest BCUT2D eigenvalue weighted by molar-refractivity contribution is 5.72. The number of rotatable bonds is 6. The van der Waals surface area contributed by atoms with Gasteiger partial charge in [-0.2, -0.15) is 4.98 Å². The summed E-state index contributed by atoms with van der Waals surface area (Å²) in [5.74, 6) is 0.612. The highest BCUT2D eigenvalue weighted by Gasteiger charge is 1.97. The molecule has 14 heavy (non-hydrogen) atoms. The minimum Gasteiger partial charge on any atom is -0.355 e. The SMILES string of the molecule is CC(=O)NCCNCCc1ncno1. The van der Waals surface area contributed by atoms with Crippen molar-refractivity contribution < 1.29 is 9.32 Å². The van der Waals surface area contributed by atoms with Crippen LogP contribution in [0.1, 0.15) is 12.8 Å². The second kappa shape index (κ2) is 6.09. The molecule has 0 atom stereocenters. The second-order valence-corrected chi connectivity index (χ2v) is 2.82. The highest BCUT2D eigenvalue weighted by atomic mass is 16.5. The first kappa shape index (κ1) is 10.6. The summed E-state index contributed by atoms with van der Waals surface area (Å²) in [6, 6.07) is 0. The fourth-order valence-corrected chi connectivity index (χ4v) is 0.953. The molecule has 0 aromatic carbocycles. The van der Waals surface area contributed by atoms with E-state index in [0.717, 1.165) is 13.1 Å². The van der Waals surface area contributed by atoms with Crippen LogP contribution in [0.5, 0.6) is 0 Å². The van der Waals surface area contributed by atoms with Gasteiger partial charge in [0.2, 0.25) is 11.8 Å². The molecule has 0 fully saturated rings. The Labute approximate surface area is 82.1 Å². The van der Waals surface area contributed by atoms with E-state index in [1.54, 1.807) is 0 Å². The van der Waals surface area contributed by atoms with Crippen molar-refractivity contribution in [3.8, 4) is 0 Å². The summed E-state index contributed by atoms with van der Waals surface area (Å²) in [5.41, 5.74) is 0. The maximum Gasteiger partial charge on any atom is 0.227 e. The van der Waals surface area contributed by atoms with E-state index in [0.29, 0.717) is 18.9 Å². The van der Waals surface area contributed by atoms with Crippen molar-refractivity contribution in [2.45, 2.75) is 13.3 Å². The summed E-state index contributed by atoms with van der Waals surface area (Å²) in [6.45, 7) is 3.65. The number of nitrogens with one attached hydrogen (secondary N) is 2. The van der Waals surface area contributed by atoms with Crippen LogP contribution in [0.15, 0.2) is 10.9 Å². The third kappa shape index (κ3) is 4.56. The molecule has 6 heteroatoms. The van der Waals surface area contributed by atoms with Crippen LogP contribution in [0.25, 0.3) is 0 Å². The first-order valence-corrected chi connectivity index (χ1v) is 4.50. The Kier molecular flexibility index (Phi) is 4.63. The predicted octanol–water partition coefficient (Wildman–Crippen LogP) is -0.662. The van der Waals surface area contributed by atoms with Gasteiger partial charge < -0.3 is 15.2 Å². The number of carbonyl (C=O) groups excluding carboxylic acids is 1. The lowest BCUT2D eigenvalue weighted by Gasteiger charge is -2.02. The molecule has 0 unspecified atom stereocenters. The Morgan fingerprint density at radius 1 is 1.50 bits per heavy atom. The van der Waals surface area contributed by atoms with Gasteiger partial charge in [-0.05, 0) is 0 Å². The molecule has 78 valence electrons. The normalized spacial score (nSPS) is 10.1. The fourth-order valence-electron chi connectivity index (χ4n) is 0.953. The third-order valence-corrected chi connectivity index (χ3v) is 1.60. The van der Waals surface area contributed by atoms with Gasteiger partial charge in [-0.25, -0.2) is 0 Å². The molecule has 0 radical (unpaired) electrons. The smallest absolute Gasteiger partial charge is 0.227 e. The Morgan fingerprint density at radius 3 is 3.00 bits per heavy atom.